The van der Waals surface area contributed by atoms with Gasteiger partial charge in [0.1, 0.15) is 24.1 Å². The van der Waals surface area contributed by atoms with E-state index in [2.05, 4.69) is 4.99 Å². The third-order valence-corrected chi connectivity index (χ3v) is 7.68. The average molecular weight is 559 g/mol. The lowest BCUT2D eigenvalue weighted by molar-refractivity contribution is -0.140. The van der Waals surface area contributed by atoms with Crippen molar-refractivity contribution in [2.75, 3.05) is 34.0 Å². The predicted octanol–water partition coefficient (Wildman–Crippen LogP) is 3.99. The van der Waals surface area contributed by atoms with Gasteiger partial charge in [0, 0.05) is 18.1 Å². The highest BCUT2D eigenvalue weighted by Gasteiger charge is 2.35. The molecule has 2 heterocycles. The Balaban J connectivity index is 1.71. The number of carbonyl (C=O) groups is 1. The molecular formula is C31H30N2O6S. The molecule has 3 aromatic carbocycles. The number of rotatable bonds is 9. The first-order valence-electron chi connectivity index (χ1n) is 12.9. The summed E-state index contributed by atoms with van der Waals surface area (Å²) >= 11 is 1.28. The Labute approximate surface area is 235 Å². The van der Waals surface area contributed by atoms with E-state index in [1.807, 2.05) is 67.6 Å². The van der Waals surface area contributed by atoms with Crippen LogP contribution in [0.15, 0.2) is 81.7 Å². The molecule has 1 aliphatic rings. The monoisotopic (exact) mass is 558 g/mol. The first-order chi connectivity index (χ1) is 19.5. The van der Waals surface area contributed by atoms with Crippen molar-refractivity contribution in [3.8, 4) is 11.5 Å². The molecule has 0 radical (unpaired) electrons. The van der Waals surface area contributed by atoms with E-state index >= 15 is 0 Å². The predicted molar refractivity (Wildman–Crippen MR) is 155 cm³/mol. The topological polar surface area (TPSA) is 88.4 Å². The van der Waals surface area contributed by atoms with Gasteiger partial charge in [0.25, 0.3) is 5.56 Å². The van der Waals surface area contributed by atoms with E-state index in [0.29, 0.717) is 33.0 Å². The smallest absolute Gasteiger partial charge is 0.338 e. The van der Waals surface area contributed by atoms with Crippen molar-refractivity contribution in [3.05, 3.63) is 103 Å². The third-order valence-electron chi connectivity index (χ3n) is 6.70. The number of fused-ring (bicyclic) bond motifs is 2. The fourth-order valence-corrected chi connectivity index (χ4v) is 5.95. The second-order valence-electron chi connectivity index (χ2n) is 9.08. The van der Waals surface area contributed by atoms with Gasteiger partial charge in [-0.2, -0.15) is 0 Å². The SMILES string of the molecule is CCOc1ccc(C=c2sc3n(c2=O)C(c2ccccc2OC)C(C(=O)OCCOC)=C(C)N=3)c2ccccc12. The zero-order valence-electron chi connectivity index (χ0n) is 22.8. The van der Waals surface area contributed by atoms with Crippen molar-refractivity contribution >= 4 is 34.2 Å². The number of esters is 1. The number of allylic oxidation sites excluding steroid dienone is 1. The summed E-state index contributed by atoms with van der Waals surface area (Å²) < 4.78 is 24.1. The quantitative estimate of drug-likeness (QED) is 0.228. The van der Waals surface area contributed by atoms with Crippen molar-refractivity contribution in [1.29, 1.82) is 0 Å². The fraction of sp³-hybridized carbons (Fsp3) is 0.258. The van der Waals surface area contributed by atoms with Gasteiger partial charge in [-0.15, -0.1) is 0 Å². The molecule has 206 valence electrons. The van der Waals surface area contributed by atoms with E-state index in [4.69, 9.17) is 18.9 Å². The van der Waals surface area contributed by atoms with Crippen LogP contribution in [0.5, 0.6) is 11.5 Å². The van der Waals surface area contributed by atoms with E-state index in [1.165, 1.54) is 18.4 Å². The maximum atomic E-state index is 14.1. The van der Waals surface area contributed by atoms with Gasteiger partial charge >= 0.3 is 5.97 Å². The number of thiazole rings is 1. The summed E-state index contributed by atoms with van der Waals surface area (Å²) in [6.07, 6.45) is 1.87. The fourth-order valence-electron chi connectivity index (χ4n) is 4.91. The van der Waals surface area contributed by atoms with Gasteiger partial charge in [0.15, 0.2) is 4.80 Å². The largest absolute Gasteiger partial charge is 0.496 e. The maximum absolute atomic E-state index is 14.1. The molecule has 1 aromatic heterocycles. The molecule has 0 saturated carbocycles. The van der Waals surface area contributed by atoms with Crippen LogP contribution in [0.1, 0.15) is 31.0 Å². The standard InChI is InChI=1S/C31H30N2O6S/c1-5-38-25-15-14-20(21-10-6-7-11-22(21)25)18-26-29(34)33-28(23-12-8-9-13-24(23)37-4)27(19(2)32-31(33)40-26)30(35)39-17-16-36-3/h6-15,18,28H,5,16-17H2,1-4H3. The Morgan fingerprint density at radius 1 is 1.00 bits per heavy atom. The lowest BCUT2D eigenvalue weighted by Crippen LogP contribution is -2.40. The van der Waals surface area contributed by atoms with E-state index in [9.17, 15) is 9.59 Å². The molecular weight excluding hydrogens is 528 g/mol. The third kappa shape index (κ3) is 5.05. The number of hydrogen-bond donors (Lipinski definition) is 0. The van der Waals surface area contributed by atoms with Crippen LogP contribution < -0.4 is 24.4 Å². The molecule has 0 spiro atoms. The zero-order chi connectivity index (χ0) is 28.2. The number of para-hydroxylation sites is 1. The normalized spacial score (nSPS) is 15.1. The molecule has 5 rings (SSSR count). The number of hydrogen-bond acceptors (Lipinski definition) is 8. The van der Waals surface area contributed by atoms with Gasteiger partial charge in [-0.3, -0.25) is 9.36 Å². The Bertz CT molecular complexity index is 1790. The number of aromatic nitrogens is 1. The maximum Gasteiger partial charge on any atom is 0.338 e. The van der Waals surface area contributed by atoms with Gasteiger partial charge in [0.2, 0.25) is 0 Å². The minimum Gasteiger partial charge on any atom is -0.496 e. The summed E-state index contributed by atoms with van der Waals surface area (Å²) in [6.45, 7) is 4.60. The van der Waals surface area contributed by atoms with Gasteiger partial charge in [0.05, 0.1) is 36.1 Å². The molecule has 0 aliphatic carbocycles. The number of nitrogens with zero attached hydrogens (tertiary/aromatic N) is 2. The number of carbonyl (C=O) groups excluding carboxylic acids is 1. The Morgan fingerprint density at radius 3 is 2.50 bits per heavy atom. The summed E-state index contributed by atoms with van der Waals surface area (Å²) in [5, 5.41) is 1.94. The highest BCUT2D eigenvalue weighted by Crippen LogP contribution is 2.36. The Morgan fingerprint density at radius 2 is 1.75 bits per heavy atom. The Kier molecular flexibility index (Phi) is 8.14. The van der Waals surface area contributed by atoms with Crippen molar-refractivity contribution < 1.29 is 23.7 Å². The highest BCUT2D eigenvalue weighted by molar-refractivity contribution is 7.07. The number of methoxy groups -OCH3 is 2. The first-order valence-corrected chi connectivity index (χ1v) is 13.8. The van der Waals surface area contributed by atoms with Crippen molar-refractivity contribution in [2.24, 2.45) is 4.99 Å². The van der Waals surface area contributed by atoms with E-state index < -0.39 is 12.0 Å². The molecule has 1 atom stereocenters. The average Bonchev–Trinajstić information content (AvgIpc) is 3.27. The van der Waals surface area contributed by atoms with Gasteiger partial charge in [-0.05, 0) is 43.0 Å². The molecule has 4 aromatic rings. The lowest BCUT2D eigenvalue weighted by atomic mass is 9.95. The van der Waals surface area contributed by atoms with Gasteiger partial charge < -0.3 is 18.9 Å². The molecule has 0 fully saturated rings. The molecule has 8 nitrogen and oxygen atoms in total. The molecule has 40 heavy (non-hydrogen) atoms. The summed E-state index contributed by atoms with van der Waals surface area (Å²) in [6, 6.07) is 18.4. The van der Waals surface area contributed by atoms with E-state index in [0.717, 1.165) is 22.1 Å². The summed E-state index contributed by atoms with van der Waals surface area (Å²) in [5.74, 6) is 0.789. The van der Waals surface area contributed by atoms with E-state index in [1.54, 1.807) is 24.7 Å². The van der Waals surface area contributed by atoms with E-state index in [-0.39, 0.29) is 24.3 Å². The van der Waals surface area contributed by atoms with Crippen LogP contribution in [0.3, 0.4) is 0 Å². The second kappa shape index (κ2) is 11.9. The molecule has 0 N–H and O–H groups in total. The zero-order valence-corrected chi connectivity index (χ0v) is 23.6. The Hall–Kier alpha value is -4.21. The van der Waals surface area contributed by atoms with Gasteiger partial charge in [-0.25, -0.2) is 9.79 Å². The summed E-state index contributed by atoms with van der Waals surface area (Å²) in [7, 11) is 3.10. The van der Waals surface area contributed by atoms with Crippen molar-refractivity contribution in [3.63, 3.8) is 0 Å². The number of benzene rings is 3. The van der Waals surface area contributed by atoms with Crippen LogP contribution in [0.25, 0.3) is 16.8 Å². The minimum absolute atomic E-state index is 0.0833. The summed E-state index contributed by atoms with van der Waals surface area (Å²) in [4.78, 5) is 32.6. The van der Waals surface area contributed by atoms with Crippen LogP contribution in [-0.4, -0.2) is 44.6 Å². The van der Waals surface area contributed by atoms with Crippen LogP contribution in [-0.2, 0) is 14.3 Å². The second-order valence-corrected chi connectivity index (χ2v) is 10.1. The van der Waals surface area contributed by atoms with Crippen molar-refractivity contribution in [1.82, 2.24) is 4.57 Å². The molecule has 0 amide bonds. The van der Waals surface area contributed by atoms with Crippen LogP contribution in [0.2, 0.25) is 0 Å². The lowest BCUT2D eigenvalue weighted by Gasteiger charge is -2.26. The number of ether oxygens (including phenoxy) is 4. The van der Waals surface area contributed by atoms with Crippen LogP contribution in [0, 0.1) is 0 Å². The minimum atomic E-state index is -0.776. The molecule has 0 saturated heterocycles. The van der Waals surface area contributed by atoms with Gasteiger partial charge in [-0.1, -0.05) is 59.9 Å². The molecule has 0 bridgehead atoms. The van der Waals surface area contributed by atoms with Crippen molar-refractivity contribution in [2.45, 2.75) is 19.9 Å². The molecule has 9 heteroatoms. The highest BCUT2D eigenvalue weighted by atomic mass is 32.1. The van der Waals surface area contributed by atoms with Crippen LogP contribution in [0.4, 0.5) is 0 Å². The van der Waals surface area contributed by atoms with Crippen LogP contribution >= 0.6 is 11.3 Å². The first kappa shape index (κ1) is 27.4. The summed E-state index contributed by atoms with van der Waals surface area (Å²) in [5.41, 5.74) is 2.06. The molecule has 1 unspecified atom stereocenters. The molecule has 1 aliphatic heterocycles.